The summed E-state index contributed by atoms with van der Waals surface area (Å²) in [7, 11) is 0. The van der Waals surface area contributed by atoms with Crippen molar-refractivity contribution < 1.29 is 19.4 Å². The Morgan fingerprint density at radius 1 is 0.480 bits per heavy atom. The average molecular weight is 699 g/mol. The van der Waals surface area contributed by atoms with Crippen LogP contribution >= 0.6 is 0 Å². The molecule has 50 heavy (non-hydrogen) atoms. The lowest BCUT2D eigenvalue weighted by Crippen LogP contribution is -2.27. The van der Waals surface area contributed by atoms with Gasteiger partial charge in [-0.05, 0) is 83.5 Å². The molecule has 0 rings (SSSR count). The molecule has 0 aliphatic heterocycles. The van der Waals surface area contributed by atoms with Crippen LogP contribution in [0.1, 0.15) is 200 Å². The van der Waals surface area contributed by atoms with E-state index in [4.69, 9.17) is 9.47 Å². The topological polar surface area (TPSA) is 55.8 Å². The molecule has 0 aromatic heterocycles. The first-order chi connectivity index (χ1) is 24.7. The second-order valence-electron chi connectivity index (χ2n) is 14.1. The zero-order valence-electron chi connectivity index (χ0n) is 33.2. The summed E-state index contributed by atoms with van der Waals surface area (Å²) in [5.41, 5.74) is 0. The van der Waals surface area contributed by atoms with Crippen LogP contribution < -0.4 is 0 Å². The van der Waals surface area contributed by atoms with Gasteiger partial charge in [-0.25, -0.2) is 0 Å². The van der Waals surface area contributed by atoms with E-state index in [1.807, 2.05) is 0 Å². The number of aliphatic hydroxyl groups is 1. The van der Waals surface area contributed by atoms with Crippen molar-refractivity contribution >= 4 is 5.97 Å². The Hall–Kier alpha value is -1.91. The molecule has 0 spiro atoms. The molecule has 290 valence electrons. The van der Waals surface area contributed by atoms with Crippen LogP contribution in [0.4, 0.5) is 0 Å². The zero-order valence-corrected chi connectivity index (χ0v) is 33.2. The lowest BCUT2D eigenvalue weighted by Gasteiger charge is -2.15. The van der Waals surface area contributed by atoms with Crippen molar-refractivity contribution in [3.63, 3.8) is 0 Å². The largest absolute Gasteiger partial charge is 0.457 e. The average Bonchev–Trinajstić information content (AvgIpc) is 3.12. The minimum absolute atomic E-state index is 0.181. The summed E-state index contributed by atoms with van der Waals surface area (Å²) >= 11 is 0. The minimum atomic E-state index is -0.546. The minimum Gasteiger partial charge on any atom is -0.457 e. The van der Waals surface area contributed by atoms with Gasteiger partial charge in [-0.3, -0.25) is 4.79 Å². The molecule has 0 aromatic rings. The fourth-order valence-electron chi connectivity index (χ4n) is 5.83. The van der Waals surface area contributed by atoms with E-state index in [9.17, 15) is 9.90 Å². The Morgan fingerprint density at radius 2 is 0.840 bits per heavy atom. The molecule has 4 heteroatoms. The van der Waals surface area contributed by atoms with Crippen molar-refractivity contribution in [2.24, 2.45) is 0 Å². The molecule has 1 N–H and O–H groups in total. The maximum Gasteiger partial charge on any atom is 0.306 e. The van der Waals surface area contributed by atoms with Gasteiger partial charge >= 0.3 is 5.97 Å². The number of carbonyl (C=O) groups is 1. The lowest BCUT2D eigenvalue weighted by molar-refractivity contribution is -0.154. The van der Waals surface area contributed by atoms with Crippen LogP contribution in [0.3, 0.4) is 0 Å². The highest BCUT2D eigenvalue weighted by atomic mass is 16.6. The summed E-state index contributed by atoms with van der Waals surface area (Å²) in [6, 6.07) is 0. The Bertz CT molecular complexity index is 824. The maximum absolute atomic E-state index is 12.2. The monoisotopic (exact) mass is 699 g/mol. The van der Waals surface area contributed by atoms with E-state index in [0.29, 0.717) is 13.0 Å². The molecule has 0 saturated heterocycles. The van der Waals surface area contributed by atoms with Crippen LogP contribution in [0.5, 0.6) is 0 Å². The number of esters is 1. The molecule has 0 aliphatic carbocycles. The molecule has 0 saturated carbocycles. The second-order valence-corrected chi connectivity index (χ2v) is 14.1. The normalized spacial score (nSPS) is 12.9. The van der Waals surface area contributed by atoms with Gasteiger partial charge in [-0.1, -0.05) is 171 Å². The van der Waals surface area contributed by atoms with Crippen LogP contribution in [-0.4, -0.2) is 37.0 Å². The van der Waals surface area contributed by atoms with Crippen molar-refractivity contribution in [3.8, 4) is 0 Å². The van der Waals surface area contributed by atoms with Gasteiger partial charge in [-0.15, -0.1) is 0 Å². The first kappa shape index (κ1) is 48.1. The predicted octanol–water partition coefficient (Wildman–Crippen LogP) is 14.0. The number of aliphatic hydroxyl groups excluding tert-OH is 1. The highest BCUT2D eigenvalue weighted by Gasteiger charge is 2.13. The van der Waals surface area contributed by atoms with E-state index < -0.39 is 6.10 Å². The van der Waals surface area contributed by atoms with Crippen LogP contribution in [0, 0.1) is 0 Å². The van der Waals surface area contributed by atoms with Crippen molar-refractivity contribution in [1.82, 2.24) is 0 Å². The van der Waals surface area contributed by atoms with E-state index in [2.05, 4.69) is 74.6 Å². The summed E-state index contributed by atoms with van der Waals surface area (Å²) in [6.07, 6.45) is 57.0. The van der Waals surface area contributed by atoms with E-state index >= 15 is 0 Å². The Balaban J connectivity index is 3.48. The molecule has 0 amide bonds. The molecular weight excluding hydrogens is 617 g/mol. The third-order valence-corrected chi connectivity index (χ3v) is 9.07. The van der Waals surface area contributed by atoms with Gasteiger partial charge in [0.2, 0.25) is 0 Å². The quantitative estimate of drug-likeness (QED) is 0.0394. The summed E-state index contributed by atoms with van der Waals surface area (Å²) in [6.45, 7) is 5.28. The van der Waals surface area contributed by atoms with E-state index in [-0.39, 0.29) is 19.2 Å². The van der Waals surface area contributed by atoms with Gasteiger partial charge in [0.25, 0.3) is 0 Å². The van der Waals surface area contributed by atoms with E-state index in [0.717, 1.165) is 44.9 Å². The number of rotatable bonds is 39. The van der Waals surface area contributed by atoms with Crippen LogP contribution in [0.2, 0.25) is 0 Å². The van der Waals surface area contributed by atoms with Crippen molar-refractivity contribution in [3.05, 3.63) is 60.8 Å². The highest BCUT2D eigenvalue weighted by Crippen LogP contribution is 2.12. The molecule has 1 atom stereocenters. The molecule has 0 fully saturated rings. The Morgan fingerprint density at radius 3 is 1.30 bits per heavy atom. The zero-order chi connectivity index (χ0) is 36.3. The van der Waals surface area contributed by atoms with Gasteiger partial charge in [0, 0.05) is 13.0 Å². The predicted molar refractivity (Wildman–Crippen MR) is 219 cm³/mol. The summed E-state index contributed by atoms with van der Waals surface area (Å²) in [4.78, 5) is 12.2. The molecule has 0 radical (unpaired) electrons. The number of allylic oxidation sites excluding steroid dienone is 10. The van der Waals surface area contributed by atoms with E-state index in [1.165, 1.54) is 135 Å². The highest BCUT2D eigenvalue weighted by molar-refractivity contribution is 5.69. The lowest BCUT2D eigenvalue weighted by atomic mass is 10.1. The smallest absolute Gasteiger partial charge is 0.306 e. The van der Waals surface area contributed by atoms with Crippen molar-refractivity contribution in [1.29, 1.82) is 0 Å². The van der Waals surface area contributed by atoms with Crippen molar-refractivity contribution in [2.45, 2.75) is 206 Å². The first-order valence-corrected chi connectivity index (χ1v) is 21.4. The van der Waals surface area contributed by atoms with Crippen LogP contribution in [-0.2, 0) is 14.3 Å². The SMILES string of the molecule is CCCCC/C=C\C/C=C\C/C=C\CCCCCCCCCOCC(CO)OC(=O)CCCCCCCCC/C=C\C/C=C\CCCCCC. The van der Waals surface area contributed by atoms with Crippen LogP contribution in [0.15, 0.2) is 60.8 Å². The summed E-state index contributed by atoms with van der Waals surface area (Å²) in [5, 5.41) is 9.60. The van der Waals surface area contributed by atoms with Gasteiger partial charge in [-0.2, -0.15) is 0 Å². The van der Waals surface area contributed by atoms with Gasteiger partial charge in [0.05, 0.1) is 13.2 Å². The second kappa shape index (κ2) is 43.3. The number of unbranched alkanes of at least 4 members (excludes halogenated alkanes) is 21. The maximum atomic E-state index is 12.2. The number of carbonyl (C=O) groups excluding carboxylic acids is 1. The Labute approximate surface area is 311 Å². The molecule has 0 bridgehead atoms. The van der Waals surface area contributed by atoms with Gasteiger partial charge in [0.15, 0.2) is 0 Å². The van der Waals surface area contributed by atoms with Gasteiger partial charge < -0.3 is 14.6 Å². The third kappa shape index (κ3) is 40.5. The molecule has 0 aliphatic rings. The van der Waals surface area contributed by atoms with E-state index in [1.54, 1.807) is 0 Å². The number of ether oxygens (including phenoxy) is 2. The molecule has 1 unspecified atom stereocenters. The third-order valence-electron chi connectivity index (χ3n) is 9.07. The molecule has 0 heterocycles. The number of hydrogen-bond donors (Lipinski definition) is 1. The fourth-order valence-corrected chi connectivity index (χ4v) is 5.83. The Kier molecular flexibility index (Phi) is 41.6. The summed E-state index contributed by atoms with van der Waals surface area (Å²) < 4.78 is 11.2. The summed E-state index contributed by atoms with van der Waals surface area (Å²) in [5.74, 6) is -0.213. The number of hydrogen-bond acceptors (Lipinski definition) is 4. The molecular formula is C46H82O4. The molecule has 0 aromatic carbocycles. The van der Waals surface area contributed by atoms with Gasteiger partial charge in [0.1, 0.15) is 6.10 Å². The first-order valence-electron chi connectivity index (χ1n) is 21.4. The fraction of sp³-hybridized carbons (Fsp3) is 0.761. The van der Waals surface area contributed by atoms with Crippen LogP contribution in [0.25, 0.3) is 0 Å². The molecule has 4 nitrogen and oxygen atoms in total. The van der Waals surface area contributed by atoms with Crippen molar-refractivity contribution in [2.75, 3.05) is 19.8 Å². The standard InChI is InChI=1S/C46H82O4/c1-3-5-7-9-11-13-15-17-19-21-23-24-26-28-30-32-34-36-38-40-42-49-44-45(43-47)50-46(48)41-39-37-35-33-31-29-27-25-22-20-18-16-14-12-10-8-6-4-2/h11,13-14,16-17,19-20,22-24,45,47H,3-10,12,15,18,21,25-44H2,1-2H3/b13-11-,16-14-,19-17-,22-20-,24-23-.